The lowest BCUT2D eigenvalue weighted by atomic mass is 10.0. The number of methoxy groups -OCH3 is 1. The molecule has 0 aliphatic rings. The van der Waals surface area contributed by atoms with Gasteiger partial charge in [-0.2, -0.15) is 0 Å². The van der Waals surface area contributed by atoms with Gasteiger partial charge >= 0.3 is 6.03 Å². The Morgan fingerprint density at radius 3 is 1.90 bits per heavy atom. The van der Waals surface area contributed by atoms with E-state index in [1.165, 1.54) is 0 Å². The number of nitrogens with zero attached hydrogens (tertiary/aromatic N) is 1. The number of anilines is 2. The molecule has 0 fully saturated rings. The molecular formula is C32H33N3O4. The fourth-order valence-corrected chi connectivity index (χ4v) is 4.18. The summed E-state index contributed by atoms with van der Waals surface area (Å²) in [5, 5.41) is 5.63. The number of hydrogen-bond acceptors (Lipinski definition) is 4. The van der Waals surface area contributed by atoms with Crippen molar-refractivity contribution in [3.63, 3.8) is 0 Å². The number of carbonyl (C=O) groups excluding carboxylic acids is 2. The van der Waals surface area contributed by atoms with E-state index < -0.39 is 12.1 Å². The lowest BCUT2D eigenvalue weighted by Crippen LogP contribution is -2.34. The second-order valence-electron chi connectivity index (χ2n) is 8.85. The van der Waals surface area contributed by atoms with Crippen molar-refractivity contribution in [2.75, 3.05) is 37.4 Å². The normalized spacial score (nSPS) is 10.6. The van der Waals surface area contributed by atoms with Crippen molar-refractivity contribution in [1.82, 2.24) is 4.90 Å². The van der Waals surface area contributed by atoms with E-state index in [0.717, 1.165) is 11.1 Å². The van der Waals surface area contributed by atoms with Crippen LogP contribution in [0.3, 0.4) is 0 Å². The Kier molecular flexibility index (Phi) is 9.69. The first-order chi connectivity index (χ1) is 19.1. The van der Waals surface area contributed by atoms with E-state index in [9.17, 15) is 9.59 Å². The van der Waals surface area contributed by atoms with E-state index in [4.69, 9.17) is 9.47 Å². The van der Waals surface area contributed by atoms with Crippen LogP contribution in [0.4, 0.5) is 16.2 Å². The van der Waals surface area contributed by atoms with E-state index in [2.05, 4.69) is 10.6 Å². The first-order valence-corrected chi connectivity index (χ1v) is 12.9. The molecule has 4 aromatic rings. The van der Waals surface area contributed by atoms with Crippen molar-refractivity contribution >= 4 is 23.3 Å². The number of hydrogen-bond donors (Lipinski definition) is 2. The number of benzene rings is 4. The summed E-state index contributed by atoms with van der Waals surface area (Å²) >= 11 is 0. The van der Waals surface area contributed by atoms with Gasteiger partial charge in [0.2, 0.25) is 0 Å². The minimum absolute atomic E-state index is 0.212. The van der Waals surface area contributed by atoms with Gasteiger partial charge in [-0.3, -0.25) is 4.79 Å². The van der Waals surface area contributed by atoms with E-state index in [1.54, 1.807) is 42.3 Å². The van der Waals surface area contributed by atoms with Crippen LogP contribution in [0.5, 0.6) is 5.75 Å². The molecule has 0 aromatic heterocycles. The zero-order chi connectivity index (χ0) is 27.5. The van der Waals surface area contributed by atoms with Crippen LogP contribution in [0.2, 0.25) is 0 Å². The molecular weight excluding hydrogens is 490 g/mol. The maximum Gasteiger partial charge on any atom is 0.323 e. The zero-order valence-corrected chi connectivity index (χ0v) is 22.2. The van der Waals surface area contributed by atoms with Crippen LogP contribution in [-0.2, 0) is 4.74 Å². The van der Waals surface area contributed by atoms with Gasteiger partial charge in [0.1, 0.15) is 11.9 Å². The number of amides is 3. The molecule has 3 amide bonds. The number of rotatable bonds is 11. The molecule has 4 rings (SSSR count). The molecule has 0 aliphatic carbocycles. The molecule has 0 spiro atoms. The monoisotopic (exact) mass is 523 g/mol. The van der Waals surface area contributed by atoms with Crippen molar-refractivity contribution in [1.29, 1.82) is 0 Å². The largest absolute Gasteiger partial charge is 0.480 e. The third kappa shape index (κ3) is 7.46. The summed E-state index contributed by atoms with van der Waals surface area (Å²) in [6.07, 6.45) is -0.437. The molecule has 0 aliphatic heterocycles. The van der Waals surface area contributed by atoms with Gasteiger partial charge in [-0.05, 0) is 48.4 Å². The summed E-state index contributed by atoms with van der Waals surface area (Å²) in [5.74, 6) is 0.208. The lowest BCUT2D eigenvalue weighted by Gasteiger charge is -2.25. The Labute approximate surface area is 229 Å². The summed E-state index contributed by atoms with van der Waals surface area (Å²) in [6.45, 7) is 3.25. The lowest BCUT2D eigenvalue weighted by molar-refractivity contribution is 0.0700. The summed E-state index contributed by atoms with van der Waals surface area (Å²) in [4.78, 5) is 28.1. The average molecular weight is 524 g/mol. The highest BCUT2D eigenvalue weighted by atomic mass is 16.5. The highest BCUT2D eigenvalue weighted by molar-refractivity contribution is 6.02. The van der Waals surface area contributed by atoms with Gasteiger partial charge in [-0.25, -0.2) is 4.79 Å². The molecule has 0 heterocycles. The van der Waals surface area contributed by atoms with Gasteiger partial charge in [0.05, 0.1) is 12.2 Å². The minimum Gasteiger partial charge on any atom is -0.480 e. The fourth-order valence-electron chi connectivity index (χ4n) is 4.18. The molecule has 7 nitrogen and oxygen atoms in total. The number of ether oxygens (including phenoxy) is 2. The summed E-state index contributed by atoms with van der Waals surface area (Å²) in [6, 6.07) is 33.6. The molecule has 39 heavy (non-hydrogen) atoms. The van der Waals surface area contributed by atoms with Crippen LogP contribution < -0.4 is 15.4 Å². The van der Waals surface area contributed by atoms with Crippen molar-refractivity contribution in [3.05, 3.63) is 126 Å². The molecule has 0 radical (unpaired) electrons. The molecule has 0 saturated heterocycles. The van der Waals surface area contributed by atoms with Crippen LogP contribution in [0.1, 0.15) is 34.5 Å². The second-order valence-corrected chi connectivity index (χ2v) is 8.85. The quantitative estimate of drug-likeness (QED) is 0.232. The Hall–Kier alpha value is -4.62. The zero-order valence-electron chi connectivity index (χ0n) is 22.2. The predicted octanol–water partition coefficient (Wildman–Crippen LogP) is 6.61. The second kappa shape index (κ2) is 13.8. The summed E-state index contributed by atoms with van der Waals surface area (Å²) < 4.78 is 11.8. The number of para-hydroxylation sites is 1. The Bertz CT molecular complexity index is 1310. The molecule has 0 bridgehead atoms. The van der Waals surface area contributed by atoms with E-state index >= 15 is 0 Å². The van der Waals surface area contributed by atoms with Gasteiger partial charge in [0.15, 0.2) is 0 Å². The maximum absolute atomic E-state index is 13.7. The molecule has 0 unspecified atom stereocenters. The maximum atomic E-state index is 13.7. The van der Waals surface area contributed by atoms with Crippen LogP contribution in [-0.4, -0.2) is 43.6 Å². The first-order valence-electron chi connectivity index (χ1n) is 12.9. The first kappa shape index (κ1) is 27.4. The third-order valence-corrected chi connectivity index (χ3v) is 6.18. The highest BCUT2D eigenvalue weighted by Crippen LogP contribution is 2.33. The van der Waals surface area contributed by atoms with Crippen molar-refractivity contribution < 1.29 is 19.1 Å². The van der Waals surface area contributed by atoms with E-state index in [1.807, 2.05) is 85.8 Å². The molecule has 0 saturated carbocycles. The van der Waals surface area contributed by atoms with Gasteiger partial charge in [-0.15, -0.1) is 0 Å². The van der Waals surface area contributed by atoms with E-state index in [-0.39, 0.29) is 5.91 Å². The summed E-state index contributed by atoms with van der Waals surface area (Å²) in [7, 11) is 1.60. The Balaban J connectivity index is 1.68. The molecule has 200 valence electrons. The van der Waals surface area contributed by atoms with Crippen molar-refractivity contribution in [3.8, 4) is 5.75 Å². The fraction of sp³-hybridized carbons (Fsp3) is 0.188. The minimum atomic E-state index is -0.437. The van der Waals surface area contributed by atoms with Gasteiger partial charge in [-0.1, -0.05) is 78.9 Å². The number of nitrogens with one attached hydrogen (secondary N) is 2. The Morgan fingerprint density at radius 2 is 1.33 bits per heavy atom. The van der Waals surface area contributed by atoms with Crippen molar-refractivity contribution in [2.24, 2.45) is 0 Å². The highest BCUT2D eigenvalue weighted by Gasteiger charge is 2.23. The van der Waals surface area contributed by atoms with Crippen LogP contribution in [0.25, 0.3) is 0 Å². The number of urea groups is 1. The topological polar surface area (TPSA) is 79.9 Å². The average Bonchev–Trinajstić information content (AvgIpc) is 2.98. The van der Waals surface area contributed by atoms with Gasteiger partial charge < -0.3 is 25.0 Å². The van der Waals surface area contributed by atoms with Crippen LogP contribution in [0.15, 0.2) is 109 Å². The van der Waals surface area contributed by atoms with Gasteiger partial charge in [0.25, 0.3) is 5.91 Å². The molecule has 7 heteroatoms. The third-order valence-electron chi connectivity index (χ3n) is 6.18. The SMILES string of the molecule is CCN(CCOC)C(=O)c1cc(NC(=O)Nc2ccccc2)ccc1OC(c1ccccc1)c1ccccc1. The number of likely N-dealkylation sites (N-methyl/N-ethyl adjacent to an activating group) is 1. The molecule has 2 N–H and O–H groups in total. The van der Waals surface area contributed by atoms with Gasteiger partial charge in [0, 0.05) is 31.6 Å². The van der Waals surface area contributed by atoms with Crippen molar-refractivity contribution in [2.45, 2.75) is 13.0 Å². The predicted molar refractivity (Wildman–Crippen MR) is 154 cm³/mol. The summed E-state index contributed by atoms with van der Waals surface area (Å²) in [5.41, 5.74) is 3.40. The number of carbonyl (C=O) groups is 2. The standard InChI is InChI=1S/C32H33N3O4/c1-3-35(21-22-38-2)31(36)28-23-27(34-32(37)33-26-17-11-6-12-18-26)19-20-29(28)39-30(24-13-7-4-8-14-24)25-15-9-5-10-16-25/h4-20,23,30H,3,21-22H2,1-2H3,(H2,33,34,37). The van der Waals surface area contributed by atoms with Crippen LogP contribution in [0, 0.1) is 0 Å². The smallest absolute Gasteiger partial charge is 0.323 e. The van der Waals surface area contributed by atoms with E-state index in [0.29, 0.717) is 42.4 Å². The van der Waals surface area contributed by atoms with Crippen LogP contribution >= 0.6 is 0 Å². The molecule has 0 atom stereocenters. The molecule has 4 aromatic carbocycles. The Morgan fingerprint density at radius 1 is 0.769 bits per heavy atom.